The van der Waals surface area contributed by atoms with Crippen LogP contribution in [-0.2, 0) is 7.05 Å². The van der Waals surface area contributed by atoms with Gasteiger partial charge in [0.05, 0.1) is 17.4 Å². The third-order valence-electron chi connectivity index (χ3n) is 5.12. The standard InChI is InChI=1S/C22H21N5O4/c1-13-17-9-10-18(28)26(3)20(17)25-21(23-13)24-16-11-19(31-22(29)30)27(12-16)14(2)15-7-5-4-6-8-15/h4-12,14H,1-3H3,(H,29,30)(H,23,24,25). The van der Waals surface area contributed by atoms with Gasteiger partial charge in [0, 0.05) is 30.8 Å². The van der Waals surface area contributed by atoms with Gasteiger partial charge >= 0.3 is 6.16 Å². The van der Waals surface area contributed by atoms with Gasteiger partial charge in [-0.2, -0.15) is 4.98 Å². The number of benzene rings is 1. The van der Waals surface area contributed by atoms with Gasteiger partial charge in [0.2, 0.25) is 11.8 Å². The van der Waals surface area contributed by atoms with Gasteiger partial charge in [0.25, 0.3) is 5.56 Å². The fourth-order valence-electron chi connectivity index (χ4n) is 3.47. The van der Waals surface area contributed by atoms with Crippen LogP contribution < -0.4 is 15.6 Å². The van der Waals surface area contributed by atoms with Gasteiger partial charge in [-0.15, -0.1) is 0 Å². The van der Waals surface area contributed by atoms with E-state index in [4.69, 9.17) is 9.84 Å². The Bertz CT molecular complexity index is 1330. The van der Waals surface area contributed by atoms with Crippen LogP contribution in [0.25, 0.3) is 11.0 Å². The number of rotatable bonds is 5. The average molecular weight is 419 g/mol. The number of nitrogens with one attached hydrogen (secondary N) is 1. The topological polar surface area (TPSA) is 111 Å². The molecule has 158 valence electrons. The lowest BCUT2D eigenvalue weighted by Crippen LogP contribution is -2.17. The molecular weight excluding hydrogens is 398 g/mol. The number of hydrogen-bond acceptors (Lipinski definition) is 6. The predicted molar refractivity (Wildman–Crippen MR) is 116 cm³/mol. The van der Waals surface area contributed by atoms with E-state index in [2.05, 4.69) is 15.3 Å². The van der Waals surface area contributed by atoms with Crippen molar-refractivity contribution >= 4 is 28.8 Å². The Balaban J connectivity index is 1.74. The number of anilines is 2. The first-order valence-corrected chi connectivity index (χ1v) is 9.62. The fourth-order valence-corrected chi connectivity index (χ4v) is 3.47. The Morgan fingerprint density at radius 2 is 1.90 bits per heavy atom. The molecule has 3 heterocycles. The summed E-state index contributed by atoms with van der Waals surface area (Å²) in [7, 11) is 1.65. The average Bonchev–Trinajstić information content (AvgIpc) is 3.12. The molecule has 0 aliphatic heterocycles. The quantitative estimate of drug-likeness (QED) is 0.473. The van der Waals surface area contributed by atoms with Crippen LogP contribution in [0.4, 0.5) is 16.4 Å². The molecule has 9 heteroatoms. The van der Waals surface area contributed by atoms with Crippen molar-refractivity contribution < 1.29 is 14.6 Å². The number of carboxylic acid groups (broad SMARTS) is 1. The first-order valence-electron chi connectivity index (χ1n) is 9.62. The van der Waals surface area contributed by atoms with Crippen molar-refractivity contribution in [2.45, 2.75) is 19.9 Å². The van der Waals surface area contributed by atoms with Crippen LogP contribution in [0.2, 0.25) is 0 Å². The van der Waals surface area contributed by atoms with Crippen molar-refractivity contribution in [1.29, 1.82) is 0 Å². The monoisotopic (exact) mass is 419 g/mol. The van der Waals surface area contributed by atoms with Gasteiger partial charge in [0.1, 0.15) is 5.65 Å². The molecule has 0 spiro atoms. The molecule has 31 heavy (non-hydrogen) atoms. The lowest BCUT2D eigenvalue weighted by molar-refractivity contribution is 0.140. The van der Waals surface area contributed by atoms with Gasteiger partial charge in [0.15, 0.2) is 0 Å². The highest BCUT2D eigenvalue weighted by Crippen LogP contribution is 2.30. The first-order chi connectivity index (χ1) is 14.8. The zero-order valence-electron chi connectivity index (χ0n) is 17.2. The van der Waals surface area contributed by atoms with Crippen molar-refractivity contribution in [3.8, 4) is 5.88 Å². The molecule has 0 fully saturated rings. The van der Waals surface area contributed by atoms with E-state index in [0.29, 0.717) is 17.0 Å². The first kappa shape index (κ1) is 20.1. The molecule has 0 saturated carbocycles. The highest BCUT2D eigenvalue weighted by molar-refractivity contribution is 5.79. The number of fused-ring (bicyclic) bond motifs is 1. The van der Waals surface area contributed by atoms with E-state index in [1.54, 1.807) is 29.9 Å². The summed E-state index contributed by atoms with van der Waals surface area (Å²) in [5, 5.41) is 13.0. The second-order valence-corrected chi connectivity index (χ2v) is 7.15. The van der Waals surface area contributed by atoms with Crippen LogP contribution in [0.3, 0.4) is 0 Å². The maximum atomic E-state index is 12.0. The predicted octanol–water partition coefficient (Wildman–Crippen LogP) is 3.85. The van der Waals surface area contributed by atoms with E-state index < -0.39 is 6.16 Å². The number of pyridine rings is 1. The lowest BCUT2D eigenvalue weighted by Gasteiger charge is -2.16. The normalized spacial score (nSPS) is 12.0. The van der Waals surface area contributed by atoms with Crippen LogP contribution in [0.1, 0.15) is 24.2 Å². The van der Waals surface area contributed by atoms with E-state index in [1.807, 2.05) is 44.2 Å². The molecule has 0 aliphatic rings. The molecule has 4 aromatic rings. The van der Waals surface area contributed by atoms with Crippen molar-refractivity contribution in [2.75, 3.05) is 5.32 Å². The van der Waals surface area contributed by atoms with E-state index in [1.165, 1.54) is 10.6 Å². The van der Waals surface area contributed by atoms with Gasteiger partial charge in [-0.05, 0) is 25.5 Å². The number of aryl methyl sites for hydroxylation is 2. The smallest absolute Gasteiger partial charge is 0.449 e. The largest absolute Gasteiger partial charge is 0.512 e. The molecule has 0 aliphatic carbocycles. The minimum atomic E-state index is -1.40. The highest BCUT2D eigenvalue weighted by atomic mass is 16.7. The molecule has 0 amide bonds. The second-order valence-electron chi connectivity index (χ2n) is 7.15. The molecule has 1 atom stereocenters. The Kier molecular flexibility index (Phi) is 5.16. The Hall–Kier alpha value is -4.14. The molecular formula is C22H21N5O4. The molecule has 2 N–H and O–H groups in total. The summed E-state index contributed by atoms with van der Waals surface area (Å²) in [4.78, 5) is 32.1. The van der Waals surface area contributed by atoms with Crippen LogP contribution in [0.5, 0.6) is 5.88 Å². The Morgan fingerprint density at radius 1 is 1.16 bits per heavy atom. The second kappa shape index (κ2) is 7.94. The summed E-state index contributed by atoms with van der Waals surface area (Å²) < 4.78 is 8.16. The van der Waals surface area contributed by atoms with Gasteiger partial charge in [-0.3, -0.25) is 9.36 Å². The molecule has 1 unspecified atom stereocenters. The number of hydrogen-bond donors (Lipinski definition) is 2. The van der Waals surface area contributed by atoms with Gasteiger partial charge in [-0.1, -0.05) is 30.3 Å². The van der Waals surface area contributed by atoms with E-state index >= 15 is 0 Å². The van der Waals surface area contributed by atoms with Gasteiger partial charge in [-0.25, -0.2) is 9.78 Å². The Labute approximate surface area is 177 Å². The zero-order valence-corrected chi connectivity index (χ0v) is 17.2. The maximum absolute atomic E-state index is 12.0. The van der Waals surface area contributed by atoms with Crippen LogP contribution >= 0.6 is 0 Å². The molecule has 0 bridgehead atoms. The summed E-state index contributed by atoms with van der Waals surface area (Å²) in [5.74, 6) is 0.453. The molecule has 0 radical (unpaired) electrons. The maximum Gasteiger partial charge on any atom is 0.512 e. The third-order valence-corrected chi connectivity index (χ3v) is 5.12. The summed E-state index contributed by atoms with van der Waals surface area (Å²) >= 11 is 0. The number of ether oxygens (including phenoxy) is 1. The van der Waals surface area contributed by atoms with E-state index in [-0.39, 0.29) is 23.4 Å². The lowest BCUT2D eigenvalue weighted by atomic mass is 10.1. The molecule has 9 nitrogen and oxygen atoms in total. The van der Waals surface area contributed by atoms with E-state index in [0.717, 1.165) is 10.9 Å². The summed E-state index contributed by atoms with van der Waals surface area (Å²) in [6, 6.07) is 14.2. The van der Waals surface area contributed by atoms with Crippen molar-refractivity contribution in [3.05, 3.63) is 76.3 Å². The van der Waals surface area contributed by atoms with Crippen LogP contribution in [-0.4, -0.2) is 30.4 Å². The SMILES string of the molecule is Cc1nc(Nc2cc(OC(=O)O)n(C(C)c3ccccc3)c2)nc2c1ccc(=O)n2C. The minimum Gasteiger partial charge on any atom is -0.449 e. The number of carbonyl (C=O) groups is 1. The summed E-state index contributed by atoms with van der Waals surface area (Å²) in [5.41, 5.74) is 2.59. The van der Waals surface area contributed by atoms with Crippen LogP contribution in [0, 0.1) is 6.92 Å². The minimum absolute atomic E-state index is 0.163. The third kappa shape index (κ3) is 3.97. The Morgan fingerprint density at radius 3 is 2.61 bits per heavy atom. The van der Waals surface area contributed by atoms with Crippen molar-refractivity contribution in [1.82, 2.24) is 19.1 Å². The summed E-state index contributed by atoms with van der Waals surface area (Å²) in [6.45, 7) is 3.78. The van der Waals surface area contributed by atoms with Crippen LogP contribution in [0.15, 0.2) is 59.5 Å². The highest BCUT2D eigenvalue weighted by Gasteiger charge is 2.18. The number of nitrogens with zero attached hydrogens (tertiary/aromatic N) is 4. The van der Waals surface area contributed by atoms with Gasteiger partial charge < -0.3 is 19.7 Å². The van der Waals surface area contributed by atoms with Crippen molar-refractivity contribution in [3.63, 3.8) is 0 Å². The number of aromatic nitrogens is 4. The molecule has 0 saturated heterocycles. The zero-order chi connectivity index (χ0) is 22.1. The fraction of sp³-hybridized carbons (Fsp3) is 0.182. The molecule has 1 aromatic carbocycles. The summed E-state index contributed by atoms with van der Waals surface area (Å²) in [6.07, 6.45) is 0.335. The van der Waals surface area contributed by atoms with Crippen molar-refractivity contribution in [2.24, 2.45) is 7.05 Å². The molecule has 3 aromatic heterocycles. The van der Waals surface area contributed by atoms with E-state index in [9.17, 15) is 9.59 Å². The molecule has 4 rings (SSSR count).